The van der Waals surface area contributed by atoms with Crippen LogP contribution in [0.4, 0.5) is 0 Å². The Balaban J connectivity index is 1.88. The molecular formula is C46H71N3O8Si. The zero-order chi connectivity index (χ0) is 43.4. The molecule has 1 aliphatic rings. The van der Waals surface area contributed by atoms with Crippen LogP contribution in [0.5, 0.6) is 5.75 Å². The molecule has 0 aromatic heterocycles. The zero-order valence-electron chi connectivity index (χ0n) is 37.3. The minimum atomic E-state index is -2.17. The van der Waals surface area contributed by atoms with Gasteiger partial charge in [0.15, 0.2) is 0 Å². The quantitative estimate of drug-likeness (QED) is 0.0782. The lowest BCUT2D eigenvalue weighted by atomic mass is 9.81. The minimum absolute atomic E-state index is 0.0206. The SMILES string of the molecule is C/C=C/[C@H](OC)[C@H](C)[C@@H](OC)[C@@H](C)C(=O)C[C@H](C(=O)N[C@@H](Cc1cccc(O[Si](C)(C)C(C)(C)C)c1)C(=O)N1CCC[C@@H](C(=O)OCc2cccc(C)c2)N1)C(C)C. The van der Waals surface area contributed by atoms with Gasteiger partial charge in [0.05, 0.1) is 12.2 Å². The maximum absolute atomic E-state index is 14.5. The van der Waals surface area contributed by atoms with Crippen LogP contribution in [0.2, 0.25) is 18.1 Å². The maximum Gasteiger partial charge on any atom is 0.325 e. The Morgan fingerprint density at radius 3 is 2.26 bits per heavy atom. The Bertz CT molecular complexity index is 1710. The van der Waals surface area contributed by atoms with E-state index in [1.807, 2.05) is 102 Å². The fraction of sp³-hybridized carbons (Fsp3) is 0.609. The second kappa shape index (κ2) is 22.0. The van der Waals surface area contributed by atoms with Crippen molar-refractivity contribution in [1.82, 2.24) is 15.8 Å². The van der Waals surface area contributed by atoms with Crippen LogP contribution in [0.15, 0.2) is 60.7 Å². The number of methoxy groups -OCH3 is 2. The monoisotopic (exact) mass is 822 g/mol. The van der Waals surface area contributed by atoms with Crippen LogP contribution in [0.3, 0.4) is 0 Å². The highest BCUT2D eigenvalue weighted by Gasteiger charge is 2.40. The van der Waals surface area contributed by atoms with Crippen molar-refractivity contribution >= 4 is 31.9 Å². The first-order valence-corrected chi connectivity index (χ1v) is 23.7. The van der Waals surface area contributed by atoms with Gasteiger partial charge in [-0.15, -0.1) is 0 Å². The number of allylic oxidation sites excluding steroid dienone is 1. The number of carbonyl (C=O) groups excluding carboxylic acids is 4. The second-order valence-electron chi connectivity index (χ2n) is 17.8. The van der Waals surface area contributed by atoms with Crippen LogP contribution >= 0.6 is 0 Å². The standard InChI is InChI=1S/C46H71N3O8Si/c1-14-18-41(54-10)33(6)42(55-11)32(5)40(50)28-37(30(2)3)43(51)47-39(27-34-20-16-22-36(26-34)57-58(12,13)46(7,8)9)44(52)49-24-17-23-38(48-49)45(53)56-29-35-21-15-19-31(4)25-35/h14-16,18-22,25-26,30,32-33,37-39,41-42,48H,17,23-24,27-29H2,1-13H3,(H,47,51)/b18-14+/t32-,33-,37-,38-,39-,41-,42-/m0/s1. The summed E-state index contributed by atoms with van der Waals surface area (Å²) in [5.74, 6) is -2.18. The van der Waals surface area contributed by atoms with E-state index in [2.05, 4.69) is 44.6 Å². The highest BCUT2D eigenvalue weighted by atomic mass is 28.4. The molecule has 58 heavy (non-hydrogen) atoms. The molecule has 322 valence electrons. The number of amides is 2. The highest BCUT2D eigenvalue weighted by molar-refractivity contribution is 6.74. The molecule has 2 N–H and O–H groups in total. The summed E-state index contributed by atoms with van der Waals surface area (Å²) in [6.07, 6.45) is 4.38. The van der Waals surface area contributed by atoms with E-state index in [-0.39, 0.29) is 60.0 Å². The molecule has 2 aromatic rings. The summed E-state index contributed by atoms with van der Waals surface area (Å²) in [5, 5.41) is 4.47. The van der Waals surface area contributed by atoms with Crippen LogP contribution in [0.1, 0.15) is 91.3 Å². The molecule has 3 rings (SSSR count). The van der Waals surface area contributed by atoms with Crippen molar-refractivity contribution in [1.29, 1.82) is 0 Å². The number of hydrogen-bond donors (Lipinski definition) is 2. The molecule has 12 heteroatoms. The number of nitrogens with one attached hydrogen (secondary N) is 2. The molecule has 1 aliphatic heterocycles. The van der Waals surface area contributed by atoms with Gasteiger partial charge in [-0.2, -0.15) is 0 Å². The predicted octanol–water partition coefficient (Wildman–Crippen LogP) is 7.76. The maximum atomic E-state index is 14.5. The van der Waals surface area contributed by atoms with Crippen LogP contribution in [-0.4, -0.2) is 81.9 Å². The lowest BCUT2D eigenvalue weighted by Crippen LogP contribution is -2.60. The number of rotatable bonds is 20. The summed E-state index contributed by atoms with van der Waals surface area (Å²) in [6.45, 7) is 22.9. The Morgan fingerprint density at radius 1 is 0.983 bits per heavy atom. The van der Waals surface area contributed by atoms with E-state index >= 15 is 0 Å². The van der Waals surface area contributed by atoms with Crippen molar-refractivity contribution in [3.8, 4) is 5.75 Å². The molecule has 2 aromatic carbocycles. The predicted molar refractivity (Wildman–Crippen MR) is 231 cm³/mol. The molecule has 1 fully saturated rings. The van der Waals surface area contributed by atoms with Gasteiger partial charge in [0, 0.05) is 51.4 Å². The highest BCUT2D eigenvalue weighted by Crippen LogP contribution is 2.37. The van der Waals surface area contributed by atoms with E-state index < -0.39 is 44.3 Å². The van der Waals surface area contributed by atoms with Crippen molar-refractivity contribution in [2.45, 2.75) is 137 Å². The van der Waals surface area contributed by atoms with Gasteiger partial charge in [0.25, 0.3) is 5.91 Å². The first kappa shape index (κ1) is 48.5. The van der Waals surface area contributed by atoms with Crippen molar-refractivity contribution < 1.29 is 37.8 Å². The molecule has 0 saturated carbocycles. The number of hydrogen-bond acceptors (Lipinski definition) is 9. The van der Waals surface area contributed by atoms with Crippen LogP contribution < -0.4 is 15.2 Å². The molecule has 0 radical (unpaired) electrons. The third-order valence-corrected chi connectivity index (χ3v) is 16.2. The Morgan fingerprint density at radius 2 is 1.66 bits per heavy atom. The van der Waals surface area contributed by atoms with E-state index in [0.29, 0.717) is 25.1 Å². The molecule has 0 spiro atoms. The number of benzene rings is 2. The summed E-state index contributed by atoms with van der Waals surface area (Å²) in [4.78, 5) is 56.0. The van der Waals surface area contributed by atoms with Gasteiger partial charge in [-0.3, -0.25) is 24.2 Å². The molecule has 0 unspecified atom stereocenters. The third kappa shape index (κ3) is 13.6. The number of ether oxygens (including phenoxy) is 3. The number of hydrazine groups is 1. The summed E-state index contributed by atoms with van der Waals surface area (Å²) in [5.41, 5.74) is 5.86. The Kier molecular flexibility index (Phi) is 18.4. The first-order valence-electron chi connectivity index (χ1n) is 20.8. The normalized spacial score (nSPS) is 18.2. The number of aryl methyl sites for hydroxylation is 1. The summed E-state index contributed by atoms with van der Waals surface area (Å²) in [6, 6.07) is 13.7. The molecule has 7 atom stereocenters. The lowest BCUT2D eigenvalue weighted by molar-refractivity contribution is -0.154. The average molecular weight is 822 g/mol. The molecule has 1 saturated heterocycles. The van der Waals surface area contributed by atoms with Crippen molar-refractivity contribution in [3.05, 3.63) is 77.4 Å². The molecule has 2 amide bonds. The van der Waals surface area contributed by atoms with Gasteiger partial charge in [-0.1, -0.05) is 103 Å². The Labute approximate surface area is 349 Å². The third-order valence-electron chi connectivity index (χ3n) is 11.9. The number of esters is 1. The summed E-state index contributed by atoms with van der Waals surface area (Å²) in [7, 11) is 1.05. The fourth-order valence-electron chi connectivity index (χ4n) is 7.19. The summed E-state index contributed by atoms with van der Waals surface area (Å²) < 4.78 is 23.8. The van der Waals surface area contributed by atoms with E-state index in [1.165, 1.54) is 5.01 Å². The Hall–Kier alpha value is -3.84. The van der Waals surface area contributed by atoms with Crippen molar-refractivity contribution in [2.24, 2.45) is 23.7 Å². The van der Waals surface area contributed by atoms with Crippen molar-refractivity contribution in [2.75, 3.05) is 20.8 Å². The average Bonchev–Trinajstić information content (AvgIpc) is 3.17. The van der Waals surface area contributed by atoms with E-state index in [0.717, 1.165) is 16.7 Å². The van der Waals surface area contributed by atoms with Gasteiger partial charge >= 0.3 is 5.97 Å². The summed E-state index contributed by atoms with van der Waals surface area (Å²) >= 11 is 0. The zero-order valence-corrected chi connectivity index (χ0v) is 38.3. The van der Waals surface area contributed by atoms with Gasteiger partial charge in [-0.05, 0) is 74.0 Å². The topological polar surface area (TPSA) is 132 Å². The fourth-order valence-corrected chi connectivity index (χ4v) is 8.22. The molecule has 0 aliphatic carbocycles. The van der Waals surface area contributed by atoms with Gasteiger partial charge in [0.2, 0.25) is 14.2 Å². The van der Waals surface area contributed by atoms with Crippen LogP contribution in [0.25, 0.3) is 0 Å². The lowest BCUT2D eigenvalue weighted by Gasteiger charge is -2.37. The molecule has 0 bridgehead atoms. The van der Waals surface area contributed by atoms with E-state index in [9.17, 15) is 19.2 Å². The van der Waals surface area contributed by atoms with E-state index in [1.54, 1.807) is 14.2 Å². The van der Waals surface area contributed by atoms with Gasteiger partial charge in [-0.25, -0.2) is 5.43 Å². The number of Topliss-reactive ketones (excluding diaryl/α,β-unsaturated/α-hetero) is 1. The van der Waals surface area contributed by atoms with Gasteiger partial charge in [0.1, 0.15) is 30.2 Å². The first-order chi connectivity index (χ1) is 27.2. The second-order valence-corrected chi connectivity index (χ2v) is 22.5. The van der Waals surface area contributed by atoms with Crippen molar-refractivity contribution in [3.63, 3.8) is 0 Å². The molecular weight excluding hydrogens is 751 g/mol. The van der Waals surface area contributed by atoms with Gasteiger partial charge < -0.3 is 24.0 Å². The largest absolute Gasteiger partial charge is 0.543 e. The molecule has 11 nitrogen and oxygen atoms in total. The number of nitrogens with zero attached hydrogens (tertiary/aromatic N) is 1. The smallest absolute Gasteiger partial charge is 0.325 e. The van der Waals surface area contributed by atoms with E-state index in [4.69, 9.17) is 18.6 Å². The molecule has 1 heterocycles. The van der Waals surface area contributed by atoms with Crippen LogP contribution in [0, 0.1) is 30.6 Å². The van der Waals surface area contributed by atoms with Crippen LogP contribution in [-0.2, 0) is 46.4 Å². The minimum Gasteiger partial charge on any atom is -0.543 e. The number of ketones is 1. The number of carbonyl (C=O) groups is 4.